The number of nitro groups is 1. The van der Waals surface area contributed by atoms with Crippen LogP contribution in [0.3, 0.4) is 0 Å². The van der Waals surface area contributed by atoms with Crippen molar-refractivity contribution in [2.24, 2.45) is 0 Å². The quantitative estimate of drug-likeness (QED) is 0.452. The fraction of sp³-hybridized carbons (Fsp3) is 0.667. The van der Waals surface area contributed by atoms with Gasteiger partial charge in [-0.3, -0.25) is 14.8 Å². The molecule has 0 fully saturated rings. The zero-order valence-electron chi connectivity index (χ0n) is 9.30. The Labute approximate surface area is 93.0 Å². The number of aromatic nitrogens is 2. The molecule has 1 rings (SSSR count). The molecule has 0 aliphatic rings. The average molecular weight is 229 g/mol. The van der Waals surface area contributed by atoms with Crippen LogP contribution < -0.4 is 0 Å². The Morgan fingerprint density at radius 1 is 1.47 bits per heavy atom. The first-order valence-electron chi connectivity index (χ1n) is 4.82. The van der Waals surface area contributed by atoms with E-state index in [1.54, 1.807) is 4.68 Å². The normalized spacial score (nSPS) is 11.3. The topological polar surface area (TPSA) is 61.0 Å². The van der Waals surface area contributed by atoms with Crippen LogP contribution in [0.25, 0.3) is 0 Å². The van der Waals surface area contributed by atoms with Crippen molar-refractivity contribution >= 4 is 17.4 Å². The van der Waals surface area contributed by atoms with Gasteiger partial charge in [-0.2, -0.15) is 5.10 Å². The van der Waals surface area contributed by atoms with E-state index in [-0.39, 0.29) is 16.7 Å². The van der Waals surface area contributed by atoms with E-state index < -0.39 is 0 Å². The molecule has 5 nitrogen and oxygen atoms in total. The highest BCUT2D eigenvalue weighted by molar-refractivity contribution is 7.99. The number of hydrogen-bond acceptors (Lipinski definition) is 4. The number of hydrogen-bond donors (Lipinski definition) is 0. The average Bonchev–Trinajstić information content (AvgIpc) is 2.46. The zero-order valence-corrected chi connectivity index (χ0v) is 10.1. The minimum atomic E-state index is -0.378. The van der Waals surface area contributed by atoms with E-state index in [9.17, 15) is 10.1 Å². The largest absolute Gasteiger partial charge is 0.320 e. The summed E-state index contributed by atoms with van der Waals surface area (Å²) >= 11 is 1.42. The van der Waals surface area contributed by atoms with Crippen LogP contribution in [-0.2, 0) is 0 Å². The van der Waals surface area contributed by atoms with Gasteiger partial charge in [0.1, 0.15) is 6.20 Å². The Morgan fingerprint density at radius 2 is 2.07 bits per heavy atom. The van der Waals surface area contributed by atoms with Gasteiger partial charge in [-0.25, -0.2) is 0 Å². The molecule has 15 heavy (non-hydrogen) atoms. The molecule has 0 radical (unpaired) electrons. The van der Waals surface area contributed by atoms with E-state index in [4.69, 9.17) is 0 Å². The van der Waals surface area contributed by atoms with E-state index in [1.807, 2.05) is 27.7 Å². The second kappa shape index (κ2) is 4.65. The molecule has 0 spiro atoms. The minimum Gasteiger partial charge on any atom is -0.262 e. The van der Waals surface area contributed by atoms with Crippen molar-refractivity contribution < 1.29 is 4.92 Å². The molecular formula is C9H15N3O2S. The lowest BCUT2D eigenvalue weighted by molar-refractivity contribution is -0.387. The fourth-order valence-corrected chi connectivity index (χ4v) is 1.90. The van der Waals surface area contributed by atoms with E-state index in [1.165, 1.54) is 18.0 Å². The molecule has 0 amide bonds. The third kappa shape index (κ3) is 2.95. The summed E-state index contributed by atoms with van der Waals surface area (Å²) in [7, 11) is 0. The molecule has 0 bridgehead atoms. The van der Waals surface area contributed by atoms with E-state index >= 15 is 0 Å². The maximum Gasteiger partial charge on any atom is 0.320 e. The summed E-state index contributed by atoms with van der Waals surface area (Å²) in [5.41, 5.74) is 0.0994. The molecule has 1 aromatic rings. The monoisotopic (exact) mass is 229 g/mol. The van der Waals surface area contributed by atoms with Crippen LogP contribution in [0.2, 0.25) is 0 Å². The predicted molar refractivity (Wildman–Crippen MR) is 60.3 cm³/mol. The molecule has 1 aromatic heterocycles. The Balaban J connectivity index is 3.06. The first-order valence-corrected chi connectivity index (χ1v) is 5.70. The third-order valence-electron chi connectivity index (χ3n) is 1.75. The molecule has 0 aromatic carbocycles. The van der Waals surface area contributed by atoms with E-state index in [0.717, 1.165) is 0 Å². The Morgan fingerprint density at radius 3 is 2.47 bits per heavy atom. The van der Waals surface area contributed by atoms with Crippen LogP contribution >= 0.6 is 11.8 Å². The first-order chi connectivity index (χ1) is 6.91. The zero-order chi connectivity index (χ0) is 11.6. The molecular weight excluding hydrogens is 214 g/mol. The second-order valence-electron chi connectivity index (χ2n) is 3.82. The molecule has 1 heterocycles. The molecule has 84 valence electrons. The van der Waals surface area contributed by atoms with Gasteiger partial charge in [0.15, 0.2) is 5.03 Å². The van der Waals surface area contributed by atoms with Gasteiger partial charge in [-0.05, 0) is 13.8 Å². The number of thioether (sulfide) groups is 1. The van der Waals surface area contributed by atoms with Gasteiger partial charge in [0, 0.05) is 11.3 Å². The summed E-state index contributed by atoms with van der Waals surface area (Å²) in [5, 5.41) is 15.8. The van der Waals surface area contributed by atoms with Crippen LogP contribution in [0, 0.1) is 10.1 Å². The maximum absolute atomic E-state index is 10.8. The van der Waals surface area contributed by atoms with Gasteiger partial charge in [-0.15, -0.1) is 0 Å². The lowest BCUT2D eigenvalue weighted by atomic mass is 10.4. The third-order valence-corrected chi connectivity index (χ3v) is 2.74. The highest BCUT2D eigenvalue weighted by Crippen LogP contribution is 2.31. The van der Waals surface area contributed by atoms with Crippen molar-refractivity contribution in [1.29, 1.82) is 0 Å². The van der Waals surface area contributed by atoms with Crippen LogP contribution in [0.15, 0.2) is 11.2 Å². The van der Waals surface area contributed by atoms with Gasteiger partial charge >= 0.3 is 5.69 Å². The standard InChI is InChI=1S/C9H15N3O2S/c1-6(2)11-5-8(12(13)14)9(10-11)15-7(3)4/h5-7H,1-4H3. The van der Waals surface area contributed by atoms with Gasteiger partial charge in [-0.1, -0.05) is 25.6 Å². The number of rotatable bonds is 4. The lowest BCUT2D eigenvalue weighted by Gasteiger charge is -2.03. The van der Waals surface area contributed by atoms with Crippen molar-refractivity contribution in [2.75, 3.05) is 0 Å². The summed E-state index contributed by atoms with van der Waals surface area (Å²) < 4.78 is 1.63. The second-order valence-corrected chi connectivity index (χ2v) is 5.38. The molecule has 0 unspecified atom stereocenters. The smallest absolute Gasteiger partial charge is 0.262 e. The highest BCUT2D eigenvalue weighted by atomic mass is 32.2. The Kier molecular flexibility index (Phi) is 3.73. The number of nitrogens with zero attached hydrogens (tertiary/aromatic N) is 3. The van der Waals surface area contributed by atoms with Crippen LogP contribution in [0.1, 0.15) is 33.7 Å². The van der Waals surface area contributed by atoms with Crippen molar-refractivity contribution in [3.8, 4) is 0 Å². The summed E-state index contributed by atoms with van der Waals surface area (Å²) in [6, 6.07) is 0.144. The van der Waals surface area contributed by atoms with Gasteiger partial charge < -0.3 is 0 Å². The lowest BCUT2D eigenvalue weighted by Crippen LogP contribution is -2.00. The van der Waals surface area contributed by atoms with Crippen molar-refractivity contribution in [2.45, 2.75) is 44.0 Å². The van der Waals surface area contributed by atoms with Crippen LogP contribution in [-0.4, -0.2) is 20.0 Å². The van der Waals surface area contributed by atoms with Gasteiger partial charge in [0.05, 0.1) is 4.92 Å². The molecule has 0 saturated carbocycles. The first kappa shape index (κ1) is 12.0. The maximum atomic E-state index is 10.8. The Hall–Kier alpha value is -1.04. The highest BCUT2D eigenvalue weighted by Gasteiger charge is 2.21. The Bertz CT molecular complexity index is 360. The summed E-state index contributed by atoms with van der Waals surface area (Å²) in [4.78, 5) is 10.4. The summed E-state index contributed by atoms with van der Waals surface area (Å²) in [6.45, 7) is 7.87. The SMILES string of the molecule is CC(C)Sc1nn(C(C)C)cc1[N+](=O)[O-]. The van der Waals surface area contributed by atoms with E-state index in [0.29, 0.717) is 10.3 Å². The van der Waals surface area contributed by atoms with Crippen molar-refractivity contribution in [1.82, 2.24) is 9.78 Å². The van der Waals surface area contributed by atoms with Gasteiger partial charge in [0.2, 0.25) is 0 Å². The van der Waals surface area contributed by atoms with Crippen LogP contribution in [0.4, 0.5) is 5.69 Å². The van der Waals surface area contributed by atoms with Crippen molar-refractivity contribution in [3.05, 3.63) is 16.3 Å². The fourth-order valence-electron chi connectivity index (χ4n) is 1.06. The predicted octanol–water partition coefficient (Wildman–Crippen LogP) is 2.87. The molecule has 0 saturated heterocycles. The molecule has 0 aliphatic carbocycles. The molecule has 6 heteroatoms. The molecule has 0 N–H and O–H groups in total. The molecule has 0 atom stereocenters. The molecule has 0 aliphatic heterocycles. The minimum absolute atomic E-state index is 0.0994. The summed E-state index contributed by atoms with van der Waals surface area (Å²) in [6.07, 6.45) is 1.50. The van der Waals surface area contributed by atoms with Crippen molar-refractivity contribution in [3.63, 3.8) is 0 Å². The van der Waals surface area contributed by atoms with E-state index in [2.05, 4.69) is 5.10 Å². The summed E-state index contributed by atoms with van der Waals surface area (Å²) in [5.74, 6) is 0. The van der Waals surface area contributed by atoms with Crippen LogP contribution in [0.5, 0.6) is 0 Å². The van der Waals surface area contributed by atoms with Gasteiger partial charge in [0.25, 0.3) is 0 Å².